The van der Waals surface area contributed by atoms with Gasteiger partial charge in [-0.15, -0.1) is 11.3 Å². The SMILES string of the molecule is Cc1ccccc1C1=N/C(=C\c2ccc(Br)s2)C(=O)O1. The average Bonchev–Trinajstić information content (AvgIpc) is 2.98. The van der Waals surface area contributed by atoms with E-state index >= 15 is 0 Å². The van der Waals surface area contributed by atoms with E-state index in [1.165, 1.54) is 0 Å². The van der Waals surface area contributed by atoms with Crippen LogP contribution in [0.4, 0.5) is 0 Å². The van der Waals surface area contributed by atoms with E-state index in [9.17, 15) is 4.79 Å². The van der Waals surface area contributed by atoms with Gasteiger partial charge in [-0.25, -0.2) is 9.79 Å². The number of nitrogens with zero attached hydrogens (tertiary/aromatic N) is 1. The van der Waals surface area contributed by atoms with Crippen LogP contribution in [0.3, 0.4) is 0 Å². The molecule has 20 heavy (non-hydrogen) atoms. The highest BCUT2D eigenvalue weighted by Crippen LogP contribution is 2.26. The first-order valence-electron chi connectivity index (χ1n) is 5.97. The van der Waals surface area contributed by atoms with Crippen LogP contribution < -0.4 is 0 Å². The minimum atomic E-state index is -0.409. The maximum absolute atomic E-state index is 11.9. The molecular weight excluding hydrogens is 338 g/mol. The van der Waals surface area contributed by atoms with Crippen molar-refractivity contribution >= 4 is 45.2 Å². The number of benzene rings is 1. The highest BCUT2D eigenvalue weighted by Gasteiger charge is 2.25. The molecule has 0 spiro atoms. The van der Waals surface area contributed by atoms with Gasteiger partial charge in [0.1, 0.15) is 0 Å². The standard InChI is InChI=1S/C15H10BrNO2S/c1-9-4-2-3-5-11(9)14-17-12(15(18)19-14)8-10-6-7-13(16)20-10/h2-8H,1H3/b12-8-. The number of cyclic esters (lactones) is 1. The van der Waals surface area contributed by atoms with Crippen molar-refractivity contribution in [2.75, 3.05) is 0 Å². The van der Waals surface area contributed by atoms with Gasteiger partial charge in [0.15, 0.2) is 5.70 Å². The summed E-state index contributed by atoms with van der Waals surface area (Å²) in [5.41, 5.74) is 2.20. The molecule has 0 aliphatic carbocycles. The Balaban J connectivity index is 1.97. The quantitative estimate of drug-likeness (QED) is 0.604. The number of carbonyl (C=O) groups excluding carboxylic acids is 1. The Morgan fingerprint density at radius 1 is 1.25 bits per heavy atom. The molecule has 100 valence electrons. The molecule has 1 aromatic heterocycles. The maximum atomic E-state index is 11.9. The number of ether oxygens (including phenoxy) is 1. The van der Waals surface area contributed by atoms with Crippen LogP contribution in [0.1, 0.15) is 16.0 Å². The molecule has 1 aromatic carbocycles. The van der Waals surface area contributed by atoms with Crippen LogP contribution in [0.25, 0.3) is 6.08 Å². The van der Waals surface area contributed by atoms with Crippen molar-refractivity contribution < 1.29 is 9.53 Å². The smallest absolute Gasteiger partial charge is 0.363 e. The number of rotatable bonds is 2. The Kier molecular flexibility index (Phi) is 3.54. The molecule has 0 saturated carbocycles. The van der Waals surface area contributed by atoms with E-state index in [4.69, 9.17) is 4.74 Å². The lowest BCUT2D eigenvalue weighted by molar-refractivity contribution is -0.129. The first kappa shape index (κ1) is 13.3. The Morgan fingerprint density at radius 3 is 2.75 bits per heavy atom. The van der Waals surface area contributed by atoms with Gasteiger partial charge in [0.25, 0.3) is 0 Å². The van der Waals surface area contributed by atoms with Gasteiger partial charge in [-0.1, -0.05) is 18.2 Å². The summed E-state index contributed by atoms with van der Waals surface area (Å²) in [6.07, 6.45) is 1.74. The Morgan fingerprint density at radius 2 is 2.05 bits per heavy atom. The van der Waals surface area contributed by atoms with Crippen molar-refractivity contribution in [3.05, 3.63) is 61.9 Å². The highest BCUT2D eigenvalue weighted by atomic mass is 79.9. The third-order valence-corrected chi connectivity index (χ3v) is 4.44. The van der Waals surface area contributed by atoms with Gasteiger partial charge in [0, 0.05) is 10.4 Å². The molecule has 0 N–H and O–H groups in total. The molecule has 0 unspecified atom stereocenters. The van der Waals surface area contributed by atoms with Gasteiger partial charge in [-0.2, -0.15) is 0 Å². The number of esters is 1. The predicted molar refractivity (Wildman–Crippen MR) is 83.8 cm³/mol. The van der Waals surface area contributed by atoms with Gasteiger partial charge < -0.3 is 4.74 Å². The van der Waals surface area contributed by atoms with E-state index in [0.717, 1.165) is 19.8 Å². The third kappa shape index (κ3) is 2.59. The van der Waals surface area contributed by atoms with Gasteiger partial charge in [-0.05, 0) is 52.7 Å². The highest BCUT2D eigenvalue weighted by molar-refractivity contribution is 9.11. The fourth-order valence-electron chi connectivity index (χ4n) is 1.88. The molecule has 0 saturated heterocycles. The Bertz CT molecular complexity index is 746. The van der Waals surface area contributed by atoms with Gasteiger partial charge in [0.05, 0.1) is 3.79 Å². The van der Waals surface area contributed by atoms with Crippen LogP contribution in [0.5, 0.6) is 0 Å². The number of halogens is 1. The number of aryl methyl sites for hydroxylation is 1. The Hall–Kier alpha value is -1.72. The van der Waals surface area contributed by atoms with Gasteiger partial charge in [-0.3, -0.25) is 0 Å². The van der Waals surface area contributed by atoms with Gasteiger partial charge in [0.2, 0.25) is 5.90 Å². The minimum Gasteiger partial charge on any atom is -0.402 e. The average molecular weight is 348 g/mol. The molecule has 0 amide bonds. The summed E-state index contributed by atoms with van der Waals surface area (Å²) in [6.45, 7) is 1.96. The van der Waals surface area contributed by atoms with E-state index in [-0.39, 0.29) is 0 Å². The summed E-state index contributed by atoms with van der Waals surface area (Å²) in [6, 6.07) is 11.6. The number of aliphatic imine (C=N–C) groups is 1. The largest absolute Gasteiger partial charge is 0.402 e. The van der Waals surface area contributed by atoms with Crippen LogP contribution in [0, 0.1) is 6.92 Å². The van der Waals surface area contributed by atoms with Crippen molar-refractivity contribution in [3.63, 3.8) is 0 Å². The van der Waals surface area contributed by atoms with E-state index in [1.54, 1.807) is 17.4 Å². The lowest BCUT2D eigenvalue weighted by atomic mass is 10.1. The maximum Gasteiger partial charge on any atom is 0.363 e. The van der Waals surface area contributed by atoms with Gasteiger partial charge >= 0.3 is 5.97 Å². The number of thiophene rings is 1. The number of hydrogen-bond acceptors (Lipinski definition) is 4. The lowest BCUT2D eigenvalue weighted by Gasteiger charge is -2.02. The van der Waals surface area contributed by atoms with Crippen molar-refractivity contribution in [2.45, 2.75) is 6.92 Å². The summed E-state index contributed by atoms with van der Waals surface area (Å²) >= 11 is 4.93. The molecule has 0 bridgehead atoms. The second-order valence-corrected chi connectivity index (χ2v) is 6.79. The molecule has 2 aromatic rings. The van der Waals surface area contributed by atoms with Crippen LogP contribution in [-0.4, -0.2) is 11.9 Å². The molecule has 2 heterocycles. The predicted octanol–water partition coefficient (Wildman–Crippen LogP) is 4.16. The summed E-state index contributed by atoms with van der Waals surface area (Å²) in [7, 11) is 0. The third-order valence-electron chi connectivity index (χ3n) is 2.87. The van der Waals surface area contributed by atoms with Crippen molar-refractivity contribution in [1.29, 1.82) is 0 Å². The topological polar surface area (TPSA) is 38.7 Å². The molecule has 0 atom stereocenters. The Labute approximate surface area is 128 Å². The minimum absolute atomic E-state index is 0.331. The number of hydrogen-bond donors (Lipinski definition) is 0. The number of carbonyl (C=O) groups is 1. The molecular formula is C15H10BrNO2S. The molecule has 1 aliphatic rings. The molecule has 3 rings (SSSR count). The second kappa shape index (κ2) is 5.34. The monoisotopic (exact) mass is 347 g/mol. The van der Waals surface area contributed by atoms with Crippen LogP contribution in [-0.2, 0) is 9.53 Å². The first-order chi connectivity index (χ1) is 9.63. The van der Waals surface area contributed by atoms with Crippen molar-refractivity contribution in [3.8, 4) is 0 Å². The van der Waals surface area contributed by atoms with E-state index in [2.05, 4.69) is 20.9 Å². The first-order valence-corrected chi connectivity index (χ1v) is 7.58. The van der Waals surface area contributed by atoms with Crippen LogP contribution in [0.15, 0.2) is 50.9 Å². The van der Waals surface area contributed by atoms with Crippen LogP contribution in [0.2, 0.25) is 0 Å². The van der Waals surface area contributed by atoms with E-state index in [0.29, 0.717) is 11.6 Å². The molecule has 3 nitrogen and oxygen atoms in total. The molecule has 0 fully saturated rings. The van der Waals surface area contributed by atoms with E-state index < -0.39 is 5.97 Å². The lowest BCUT2D eigenvalue weighted by Crippen LogP contribution is -2.06. The summed E-state index contributed by atoms with van der Waals surface area (Å²) < 4.78 is 6.27. The fourth-order valence-corrected chi connectivity index (χ4v) is 3.24. The normalized spacial score (nSPS) is 16.4. The molecule has 5 heteroatoms. The zero-order chi connectivity index (χ0) is 14.1. The fraction of sp³-hybridized carbons (Fsp3) is 0.0667. The summed E-state index contributed by atoms with van der Waals surface area (Å²) in [5, 5.41) is 0. The summed E-state index contributed by atoms with van der Waals surface area (Å²) in [5.74, 6) is -0.0391. The van der Waals surface area contributed by atoms with E-state index in [1.807, 2.05) is 43.3 Å². The summed E-state index contributed by atoms with van der Waals surface area (Å²) in [4.78, 5) is 17.1. The van der Waals surface area contributed by atoms with Crippen molar-refractivity contribution in [1.82, 2.24) is 0 Å². The van der Waals surface area contributed by atoms with Crippen molar-refractivity contribution in [2.24, 2.45) is 4.99 Å². The molecule has 1 aliphatic heterocycles. The second-order valence-electron chi connectivity index (χ2n) is 4.29. The zero-order valence-electron chi connectivity index (χ0n) is 10.6. The zero-order valence-corrected chi connectivity index (χ0v) is 13.0. The van der Waals surface area contributed by atoms with Crippen LogP contribution >= 0.6 is 27.3 Å². The molecule has 0 radical (unpaired) electrons.